The molecule has 5 heteroatoms. The molecule has 0 saturated heterocycles. The van der Waals surface area contributed by atoms with Crippen molar-refractivity contribution < 1.29 is 5.11 Å². The molecule has 0 amide bonds. The number of aromatic nitrogens is 3. The van der Waals surface area contributed by atoms with E-state index in [0.29, 0.717) is 5.92 Å². The fourth-order valence-corrected chi connectivity index (χ4v) is 3.38. The minimum Gasteiger partial charge on any atom is -0.389 e. The Morgan fingerprint density at radius 3 is 2.60 bits per heavy atom. The second-order valence-corrected chi connectivity index (χ2v) is 6.77. The van der Waals surface area contributed by atoms with Crippen molar-refractivity contribution in [2.75, 3.05) is 13.6 Å². The highest BCUT2D eigenvalue weighted by Gasteiger charge is 2.32. The lowest BCUT2D eigenvalue weighted by Crippen LogP contribution is -2.43. The number of rotatable bonds is 5. The van der Waals surface area contributed by atoms with Crippen LogP contribution in [0.3, 0.4) is 0 Å². The van der Waals surface area contributed by atoms with Crippen LogP contribution in [-0.2, 0) is 13.6 Å². The molecule has 0 aliphatic heterocycles. The summed E-state index contributed by atoms with van der Waals surface area (Å²) in [4.78, 5) is 2.19. The quantitative estimate of drug-likeness (QED) is 0.892. The first-order chi connectivity index (χ1) is 9.57. The molecule has 0 radical (unpaired) electrons. The summed E-state index contributed by atoms with van der Waals surface area (Å²) in [6.07, 6.45) is 7.94. The van der Waals surface area contributed by atoms with Crippen molar-refractivity contribution in [3.05, 3.63) is 11.6 Å². The molecule has 2 aliphatic rings. The summed E-state index contributed by atoms with van der Waals surface area (Å²) in [5, 5.41) is 19.2. The van der Waals surface area contributed by atoms with E-state index in [9.17, 15) is 5.11 Å². The SMILES string of the molecule is CN(Cc1nnc(C2CC2)n1C)CC1(O)CCCCC1. The molecule has 2 fully saturated rings. The van der Waals surface area contributed by atoms with Gasteiger partial charge in [0.25, 0.3) is 0 Å². The summed E-state index contributed by atoms with van der Waals surface area (Å²) in [5.41, 5.74) is -0.495. The average Bonchev–Trinajstić information content (AvgIpc) is 3.17. The van der Waals surface area contributed by atoms with Gasteiger partial charge in [-0.15, -0.1) is 10.2 Å². The number of likely N-dealkylation sites (N-methyl/N-ethyl adjacent to an activating group) is 1. The highest BCUT2D eigenvalue weighted by atomic mass is 16.3. The molecule has 2 aliphatic carbocycles. The first-order valence-corrected chi connectivity index (χ1v) is 7.86. The van der Waals surface area contributed by atoms with Gasteiger partial charge >= 0.3 is 0 Å². The summed E-state index contributed by atoms with van der Waals surface area (Å²) >= 11 is 0. The highest BCUT2D eigenvalue weighted by molar-refractivity contribution is 5.07. The van der Waals surface area contributed by atoms with Gasteiger partial charge in [0, 0.05) is 19.5 Å². The lowest BCUT2D eigenvalue weighted by Gasteiger charge is -2.35. The number of nitrogens with zero attached hydrogens (tertiary/aromatic N) is 4. The van der Waals surface area contributed by atoms with E-state index in [4.69, 9.17) is 0 Å². The third kappa shape index (κ3) is 3.04. The lowest BCUT2D eigenvalue weighted by molar-refractivity contribution is -0.0229. The van der Waals surface area contributed by atoms with Gasteiger partial charge in [0.15, 0.2) is 0 Å². The predicted octanol–water partition coefficient (Wildman–Crippen LogP) is 1.82. The summed E-state index contributed by atoms with van der Waals surface area (Å²) in [6.45, 7) is 1.50. The Balaban J connectivity index is 1.59. The van der Waals surface area contributed by atoms with Crippen molar-refractivity contribution >= 4 is 0 Å². The molecule has 0 aromatic carbocycles. The summed E-state index contributed by atoms with van der Waals surface area (Å²) < 4.78 is 2.14. The largest absolute Gasteiger partial charge is 0.389 e. The topological polar surface area (TPSA) is 54.2 Å². The fourth-order valence-electron chi connectivity index (χ4n) is 3.38. The van der Waals surface area contributed by atoms with Gasteiger partial charge in [-0.2, -0.15) is 0 Å². The van der Waals surface area contributed by atoms with Crippen molar-refractivity contribution in [3.63, 3.8) is 0 Å². The van der Waals surface area contributed by atoms with Crippen LogP contribution in [-0.4, -0.2) is 44.0 Å². The monoisotopic (exact) mass is 278 g/mol. The Labute approximate surface area is 121 Å². The van der Waals surface area contributed by atoms with Crippen LogP contribution in [0.4, 0.5) is 0 Å². The van der Waals surface area contributed by atoms with E-state index in [1.807, 2.05) is 0 Å². The average molecular weight is 278 g/mol. The highest BCUT2D eigenvalue weighted by Crippen LogP contribution is 2.38. The Morgan fingerprint density at radius 1 is 1.25 bits per heavy atom. The predicted molar refractivity (Wildman–Crippen MR) is 77.3 cm³/mol. The zero-order chi connectivity index (χ0) is 14.2. The van der Waals surface area contributed by atoms with Crippen LogP contribution >= 0.6 is 0 Å². The Bertz CT molecular complexity index is 460. The molecule has 1 aromatic heterocycles. The zero-order valence-corrected chi connectivity index (χ0v) is 12.7. The van der Waals surface area contributed by atoms with Gasteiger partial charge in [0.05, 0.1) is 12.1 Å². The van der Waals surface area contributed by atoms with Crippen molar-refractivity contribution in [1.29, 1.82) is 0 Å². The first-order valence-electron chi connectivity index (χ1n) is 7.86. The lowest BCUT2D eigenvalue weighted by atomic mass is 9.84. The van der Waals surface area contributed by atoms with E-state index in [1.54, 1.807) is 0 Å². The maximum absolute atomic E-state index is 10.6. The van der Waals surface area contributed by atoms with Gasteiger partial charge in [-0.05, 0) is 32.7 Å². The van der Waals surface area contributed by atoms with Crippen molar-refractivity contribution in [3.8, 4) is 0 Å². The maximum atomic E-state index is 10.6. The zero-order valence-electron chi connectivity index (χ0n) is 12.7. The van der Waals surface area contributed by atoms with Crippen LogP contribution < -0.4 is 0 Å². The van der Waals surface area contributed by atoms with Gasteiger partial charge in [-0.25, -0.2) is 0 Å². The van der Waals surface area contributed by atoms with E-state index in [-0.39, 0.29) is 0 Å². The second-order valence-electron chi connectivity index (χ2n) is 6.77. The van der Waals surface area contributed by atoms with Crippen molar-refractivity contribution in [2.24, 2.45) is 7.05 Å². The van der Waals surface area contributed by atoms with Gasteiger partial charge in [-0.3, -0.25) is 4.90 Å². The van der Waals surface area contributed by atoms with E-state index < -0.39 is 5.60 Å². The Morgan fingerprint density at radius 2 is 1.95 bits per heavy atom. The molecule has 0 bridgehead atoms. The van der Waals surface area contributed by atoms with Crippen molar-refractivity contribution in [1.82, 2.24) is 19.7 Å². The van der Waals surface area contributed by atoms with Gasteiger partial charge < -0.3 is 9.67 Å². The Kier molecular flexibility index (Phi) is 3.82. The number of aliphatic hydroxyl groups is 1. The van der Waals surface area contributed by atoms with E-state index in [2.05, 4.69) is 33.8 Å². The summed E-state index contributed by atoms with van der Waals surface area (Å²) in [7, 11) is 4.13. The van der Waals surface area contributed by atoms with Gasteiger partial charge in [-0.1, -0.05) is 19.3 Å². The molecular weight excluding hydrogens is 252 g/mol. The Hall–Kier alpha value is -0.940. The molecule has 20 heavy (non-hydrogen) atoms. The second kappa shape index (κ2) is 5.45. The molecule has 2 saturated carbocycles. The molecule has 5 nitrogen and oxygen atoms in total. The van der Waals surface area contributed by atoms with Crippen LogP contribution in [0.1, 0.15) is 62.5 Å². The van der Waals surface area contributed by atoms with Crippen LogP contribution in [0.25, 0.3) is 0 Å². The summed E-state index contributed by atoms with van der Waals surface area (Å²) in [6, 6.07) is 0. The standard InChI is InChI=1S/C15H26N4O/c1-18(11-15(20)8-4-3-5-9-15)10-13-16-17-14(19(13)2)12-6-7-12/h12,20H,3-11H2,1-2H3. The number of hydrogen-bond donors (Lipinski definition) is 1. The number of hydrogen-bond acceptors (Lipinski definition) is 4. The molecule has 0 spiro atoms. The molecule has 1 aromatic rings. The third-order valence-corrected chi connectivity index (χ3v) is 4.70. The molecule has 1 heterocycles. The van der Waals surface area contributed by atoms with E-state index in [1.165, 1.54) is 19.3 Å². The minimum atomic E-state index is -0.495. The normalized spacial score (nSPS) is 22.4. The molecule has 0 atom stereocenters. The van der Waals surface area contributed by atoms with Crippen LogP contribution in [0.5, 0.6) is 0 Å². The minimum absolute atomic E-state index is 0.495. The van der Waals surface area contributed by atoms with Gasteiger partial charge in [0.1, 0.15) is 11.6 Å². The molecule has 0 unspecified atom stereocenters. The third-order valence-electron chi connectivity index (χ3n) is 4.70. The molecule has 1 N–H and O–H groups in total. The van der Waals surface area contributed by atoms with E-state index >= 15 is 0 Å². The molecule has 3 rings (SSSR count). The first kappa shape index (κ1) is 14.0. The smallest absolute Gasteiger partial charge is 0.146 e. The van der Waals surface area contributed by atoms with Crippen LogP contribution in [0.15, 0.2) is 0 Å². The maximum Gasteiger partial charge on any atom is 0.146 e. The van der Waals surface area contributed by atoms with Crippen LogP contribution in [0.2, 0.25) is 0 Å². The van der Waals surface area contributed by atoms with Crippen LogP contribution in [0, 0.1) is 0 Å². The van der Waals surface area contributed by atoms with Gasteiger partial charge in [0.2, 0.25) is 0 Å². The molecular formula is C15H26N4O. The molecule has 112 valence electrons. The van der Waals surface area contributed by atoms with E-state index in [0.717, 1.165) is 50.4 Å². The summed E-state index contributed by atoms with van der Waals surface area (Å²) in [5.74, 6) is 2.77. The fraction of sp³-hybridized carbons (Fsp3) is 0.867. The van der Waals surface area contributed by atoms with Crippen molar-refractivity contribution in [2.45, 2.75) is 63.0 Å².